The molecule has 20 heavy (non-hydrogen) atoms. The average molecular weight is 275 g/mol. The van der Waals surface area contributed by atoms with Gasteiger partial charge in [-0.2, -0.15) is 0 Å². The lowest BCUT2D eigenvalue weighted by atomic mass is 9.84. The quantitative estimate of drug-likeness (QED) is 0.914. The highest BCUT2D eigenvalue weighted by Crippen LogP contribution is 2.33. The summed E-state index contributed by atoms with van der Waals surface area (Å²) in [7, 11) is 0. The van der Waals surface area contributed by atoms with Crippen LogP contribution in [0.4, 0.5) is 8.78 Å². The molecule has 2 aromatic rings. The maximum absolute atomic E-state index is 13.4. The second kappa shape index (κ2) is 4.56. The van der Waals surface area contributed by atoms with Crippen LogP contribution in [0.5, 0.6) is 5.75 Å². The van der Waals surface area contributed by atoms with Gasteiger partial charge in [-0.05, 0) is 47.9 Å². The maximum atomic E-state index is 13.4. The first-order valence-corrected chi connectivity index (χ1v) is 6.48. The summed E-state index contributed by atoms with van der Waals surface area (Å²) in [5.41, 5.74) is 7.66. The molecule has 1 aliphatic rings. The highest BCUT2D eigenvalue weighted by molar-refractivity contribution is 5.45. The number of halogens is 2. The van der Waals surface area contributed by atoms with Crippen molar-refractivity contribution in [1.29, 1.82) is 0 Å². The van der Waals surface area contributed by atoms with Crippen molar-refractivity contribution < 1.29 is 13.5 Å². The lowest BCUT2D eigenvalue weighted by Crippen LogP contribution is -2.34. The first-order valence-electron chi connectivity index (χ1n) is 6.48. The molecule has 1 atom stereocenters. The van der Waals surface area contributed by atoms with Crippen LogP contribution in [-0.4, -0.2) is 6.61 Å². The predicted octanol–water partition coefficient (Wildman–Crippen LogP) is 3.12. The van der Waals surface area contributed by atoms with Crippen LogP contribution in [0.2, 0.25) is 0 Å². The second-order valence-electron chi connectivity index (χ2n) is 5.28. The number of hydrogen-bond acceptors (Lipinski definition) is 2. The molecule has 0 bridgehead atoms. The highest BCUT2D eigenvalue weighted by atomic mass is 19.1. The normalized spacial score (nSPS) is 16.4. The molecule has 3 rings (SSSR count). The Balaban J connectivity index is 2.06. The predicted molar refractivity (Wildman–Crippen MR) is 72.6 cm³/mol. The largest absolute Gasteiger partial charge is 0.493 e. The van der Waals surface area contributed by atoms with Gasteiger partial charge in [0.05, 0.1) is 12.1 Å². The number of nitrogens with two attached hydrogens (primary N) is 1. The smallest absolute Gasteiger partial charge is 0.126 e. The minimum atomic E-state index is -0.958. The third-order valence-corrected chi connectivity index (χ3v) is 3.75. The molecular formula is C16H15F2NO. The fourth-order valence-electron chi connectivity index (χ4n) is 2.53. The van der Waals surface area contributed by atoms with Crippen LogP contribution in [0.1, 0.15) is 23.6 Å². The fourth-order valence-corrected chi connectivity index (χ4v) is 2.53. The zero-order valence-corrected chi connectivity index (χ0v) is 11.1. The van der Waals surface area contributed by atoms with Crippen LogP contribution in [-0.2, 0) is 12.0 Å². The molecule has 0 saturated carbocycles. The standard InChI is InChI=1S/C16H15F2NO/c1-16(19,12-7-13(17)9-14(18)8-12)11-2-3-15-10(6-11)4-5-20-15/h2-3,6-9H,4-5,19H2,1H3. The van der Waals surface area contributed by atoms with Gasteiger partial charge in [-0.3, -0.25) is 0 Å². The molecule has 0 fully saturated rings. The van der Waals surface area contributed by atoms with Crippen LogP contribution in [0.3, 0.4) is 0 Å². The van der Waals surface area contributed by atoms with Gasteiger partial charge in [-0.25, -0.2) is 8.78 Å². The van der Waals surface area contributed by atoms with Crippen molar-refractivity contribution in [3.05, 3.63) is 64.7 Å². The van der Waals surface area contributed by atoms with E-state index in [0.717, 1.165) is 29.4 Å². The van der Waals surface area contributed by atoms with E-state index in [-0.39, 0.29) is 0 Å². The number of benzene rings is 2. The Kier molecular flexibility index (Phi) is 2.98. The topological polar surface area (TPSA) is 35.2 Å². The first kappa shape index (κ1) is 13.1. The molecule has 4 heteroatoms. The van der Waals surface area contributed by atoms with Crippen LogP contribution in [0.15, 0.2) is 36.4 Å². The van der Waals surface area contributed by atoms with Gasteiger partial charge in [-0.1, -0.05) is 6.07 Å². The minimum Gasteiger partial charge on any atom is -0.493 e. The molecule has 1 heterocycles. The Bertz CT molecular complexity index is 647. The van der Waals surface area contributed by atoms with Crippen LogP contribution in [0.25, 0.3) is 0 Å². The zero-order valence-electron chi connectivity index (χ0n) is 11.1. The van der Waals surface area contributed by atoms with Crippen LogP contribution >= 0.6 is 0 Å². The number of fused-ring (bicyclic) bond motifs is 1. The van der Waals surface area contributed by atoms with E-state index in [1.54, 1.807) is 6.92 Å². The van der Waals surface area contributed by atoms with Crippen molar-refractivity contribution in [2.75, 3.05) is 6.61 Å². The second-order valence-corrected chi connectivity index (χ2v) is 5.28. The van der Waals surface area contributed by atoms with Gasteiger partial charge >= 0.3 is 0 Å². The Morgan fingerprint density at radius 1 is 1.05 bits per heavy atom. The van der Waals surface area contributed by atoms with Gasteiger partial charge in [-0.15, -0.1) is 0 Å². The van der Waals surface area contributed by atoms with E-state index >= 15 is 0 Å². The molecule has 0 aliphatic carbocycles. The molecule has 0 aromatic heterocycles. The van der Waals surface area contributed by atoms with E-state index in [1.807, 2.05) is 18.2 Å². The van der Waals surface area contributed by atoms with Gasteiger partial charge in [0.2, 0.25) is 0 Å². The van der Waals surface area contributed by atoms with Crippen LogP contribution in [0, 0.1) is 11.6 Å². The number of ether oxygens (including phenoxy) is 1. The van der Waals surface area contributed by atoms with E-state index in [9.17, 15) is 8.78 Å². The molecule has 2 aromatic carbocycles. The summed E-state index contributed by atoms with van der Waals surface area (Å²) in [6.07, 6.45) is 0.830. The third kappa shape index (κ3) is 2.16. The summed E-state index contributed by atoms with van der Waals surface area (Å²) in [5, 5.41) is 0. The molecule has 2 N–H and O–H groups in total. The van der Waals surface area contributed by atoms with Crippen molar-refractivity contribution in [3.8, 4) is 5.75 Å². The molecule has 2 nitrogen and oxygen atoms in total. The van der Waals surface area contributed by atoms with E-state index in [1.165, 1.54) is 12.1 Å². The highest BCUT2D eigenvalue weighted by Gasteiger charge is 2.26. The Hall–Kier alpha value is -1.94. The molecule has 104 valence electrons. The summed E-state index contributed by atoms with van der Waals surface area (Å²) < 4.78 is 32.2. The lowest BCUT2D eigenvalue weighted by Gasteiger charge is -2.26. The van der Waals surface area contributed by atoms with E-state index in [2.05, 4.69) is 0 Å². The molecule has 1 unspecified atom stereocenters. The van der Waals surface area contributed by atoms with Gasteiger partial charge in [0.25, 0.3) is 0 Å². The van der Waals surface area contributed by atoms with E-state index < -0.39 is 17.2 Å². The van der Waals surface area contributed by atoms with E-state index in [0.29, 0.717) is 12.2 Å². The van der Waals surface area contributed by atoms with Gasteiger partial charge in [0, 0.05) is 12.5 Å². The Morgan fingerprint density at radius 3 is 2.45 bits per heavy atom. The molecule has 0 amide bonds. The number of hydrogen-bond donors (Lipinski definition) is 1. The SMILES string of the molecule is CC(N)(c1cc(F)cc(F)c1)c1ccc2c(c1)CCO2. The Morgan fingerprint density at radius 2 is 1.75 bits per heavy atom. The summed E-state index contributed by atoms with van der Waals surface area (Å²) in [4.78, 5) is 0. The van der Waals surface area contributed by atoms with Crippen molar-refractivity contribution in [2.24, 2.45) is 5.73 Å². The molecule has 1 aliphatic heterocycles. The van der Waals surface area contributed by atoms with Crippen molar-refractivity contribution in [2.45, 2.75) is 18.9 Å². The number of rotatable bonds is 2. The van der Waals surface area contributed by atoms with Crippen molar-refractivity contribution >= 4 is 0 Å². The molecular weight excluding hydrogens is 260 g/mol. The lowest BCUT2D eigenvalue weighted by molar-refractivity contribution is 0.356. The Labute approximate surface area is 116 Å². The van der Waals surface area contributed by atoms with Gasteiger partial charge in [0.15, 0.2) is 0 Å². The first-order chi connectivity index (χ1) is 9.46. The van der Waals surface area contributed by atoms with Gasteiger partial charge < -0.3 is 10.5 Å². The van der Waals surface area contributed by atoms with Crippen LogP contribution < -0.4 is 10.5 Å². The summed E-state index contributed by atoms with van der Waals surface area (Å²) in [6, 6.07) is 9.03. The molecule has 0 spiro atoms. The maximum Gasteiger partial charge on any atom is 0.126 e. The summed E-state index contributed by atoms with van der Waals surface area (Å²) in [5.74, 6) is -0.391. The molecule has 0 saturated heterocycles. The fraction of sp³-hybridized carbons (Fsp3) is 0.250. The monoisotopic (exact) mass is 275 g/mol. The third-order valence-electron chi connectivity index (χ3n) is 3.75. The van der Waals surface area contributed by atoms with Gasteiger partial charge in [0.1, 0.15) is 17.4 Å². The summed E-state index contributed by atoms with van der Waals surface area (Å²) in [6.45, 7) is 2.41. The summed E-state index contributed by atoms with van der Waals surface area (Å²) >= 11 is 0. The van der Waals surface area contributed by atoms with Crippen molar-refractivity contribution in [3.63, 3.8) is 0 Å². The average Bonchev–Trinajstić information content (AvgIpc) is 2.84. The zero-order chi connectivity index (χ0) is 14.3. The van der Waals surface area contributed by atoms with E-state index in [4.69, 9.17) is 10.5 Å². The molecule has 0 radical (unpaired) electrons. The minimum absolute atomic E-state index is 0.411. The van der Waals surface area contributed by atoms with Crippen molar-refractivity contribution in [1.82, 2.24) is 0 Å².